The lowest BCUT2D eigenvalue weighted by Crippen LogP contribution is -2.51. The van der Waals surface area contributed by atoms with Crippen LogP contribution in [0.1, 0.15) is 29.9 Å². The average Bonchev–Trinajstić information content (AvgIpc) is 3.35. The maximum Gasteiger partial charge on any atom is 0.241 e. The number of halogens is 1. The van der Waals surface area contributed by atoms with E-state index in [0.29, 0.717) is 24.2 Å². The Kier molecular flexibility index (Phi) is 7.20. The van der Waals surface area contributed by atoms with Gasteiger partial charge in [0.2, 0.25) is 17.6 Å². The fourth-order valence-corrected chi connectivity index (χ4v) is 5.33. The third-order valence-electron chi connectivity index (χ3n) is 7.37. The summed E-state index contributed by atoms with van der Waals surface area (Å²) in [5.41, 5.74) is 4.89. The molecule has 2 fully saturated rings. The van der Waals surface area contributed by atoms with Gasteiger partial charge in [0.25, 0.3) is 0 Å². The van der Waals surface area contributed by atoms with Gasteiger partial charge < -0.3 is 14.3 Å². The molecule has 0 bridgehead atoms. The number of piperazine rings is 1. The smallest absolute Gasteiger partial charge is 0.241 e. The summed E-state index contributed by atoms with van der Waals surface area (Å²) in [6.07, 6.45) is 1.76. The Labute approximate surface area is 215 Å². The summed E-state index contributed by atoms with van der Waals surface area (Å²) in [6.45, 7) is 10.1. The number of aryl methyl sites for hydroxylation is 1. The van der Waals surface area contributed by atoms with Crippen LogP contribution in [0.5, 0.6) is 0 Å². The maximum absolute atomic E-state index is 13.2. The number of carbonyl (C=O) groups excluding carboxylic acids is 1. The van der Waals surface area contributed by atoms with Crippen molar-refractivity contribution in [2.24, 2.45) is 5.92 Å². The number of piperidine rings is 1. The van der Waals surface area contributed by atoms with Crippen LogP contribution in [0, 0.1) is 19.8 Å². The number of likely N-dealkylation sites (tertiary alicyclic amines) is 1. The van der Waals surface area contributed by atoms with E-state index in [4.69, 9.17) is 4.52 Å². The summed E-state index contributed by atoms with van der Waals surface area (Å²) >= 11 is 3.45. The molecule has 7 nitrogen and oxygen atoms in total. The van der Waals surface area contributed by atoms with Crippen molar-refractivity contribution in [2.45, 2.75) is 33.2 Å². The van der Waals surface area contributed by atoms with Crippen LogP contribution < -0.4 is 4.90 Å². The molecule has 35 heavy (non-hydrogen) atoms. The molecule has 0 unspecified atom stereocenters. The van der Waals surface area contributed by atoms with E-state index in [1.165, 1.54) is 16.8 Å². The van der Waals surface area contributed by atoms with Gasteiger partial charge >= 0.3 is 0 Å². The zero-order valence-corrected chi connectivity index (χ0v) is 22.0. The summed E-state index contributed by atoms with van der Waals surface area (Å²) in [6, 6.07) is 14.4. The lowest BCUT2D eigenvalue weighted by atomic mass is 9.95. The molecule has 0 radical (unpaired) electrons. The van der Waals surface area contributed by atoms with Gasteiger partial charge in [0.05, 0.1) is 6.54 Å². The molecule has 8 heteroatoms. The normalized spacial score (nSPS) is 17.7. The van der Waals surface area contributed by atoms with Crippen LogP contribution >= 0.6 is 15.9 Å². The largest absolute Gasteiger partial charge is 0.368 e. The molecule has 0 atom stereocenters. The summed E-state index contributed by atoms with van der Waals surface area (Å²) in [7, 11) is 0. The van der Waals surface area contributed by atoms with Gasteiger partial charge in [0.15, 0.2) is 0 Å². The number of hydrogen-bond acceptors (Lipinski definition) is 6. The molecule has 1 amide bonds. The summed E-state index contributed by atoms with van der Waals surface area (Å²) < 4.78 is 6.51. The standard InChI is InChI=1S/C27H32BrN5O2/c1-19-4-3-5-24(20(19)2)32-14-16-33(17-15-32)27(34)22-10-12-31(13-11-22)18-25-29-26(30-35-25)21-6-8-23(28)9-7-21/h3-9,22H,10-18H2,1-2H3. The molecule has 0 N–H and O–H groups in total. The van der Waals surface area contributed by atoms with Crippen molar-refractivity contribution in [3.05, 3.63) is 64.0 Å². The van der Waals surface area contributed by atoms with Gasteiger partial charge in [-0.2, -0.15) is 4.98 Å². The minimum Gasteiger partial charge on any atom is -0.368 e. The second kappa shape index (κ2) is 10.5. The SMILES string of the molecule is Cc1cccc(N2CCN(C(=O)C3CCN(Cc4nc(-c5ccc(Br)cc5)no4)CC3)CC2)c1C. The van der Waals surface area contributed by atoms with Gasteiger partial charge in [-0.1, -0.05) is 33.2 Å². The Morgan fingerprint density at radius 3 is 2.43 bits per heavy atom. The number of rotatable bonds is 5. The van der Waals surface area contributed by atoms with E-state index in [-0.39, 0.29) is 5.92 Å². The first-order valence-electron chi connectivity index (χ1n) is 12.4. The van der Waals surface area contributed by atoms with Crippen LogP contribution in [-0.4, -0.2) is 65.1 Å². The third-order valence-corrected chi connectivity index (χ3v) is 7.90. The van der Waals surface area contributed by atoms with Crippen LogP contribution in [0.2, 0.25) is 0 Å². The molecule has 2 aliphatic heterocycles. The summed E-state index contributed by atoms with van der Waals surface area (Å²) in [5.74, 6) is 1.66. The average molecular weight is 538 g/mol. The highest BCUT2D eigenvalue weighted by Gasteiger charge is 2.31. The zero-order valence-electron chi connectivity index (χ0n) is 20.4. The van der Waals surface area contributed by atoms with Crippen molar-refractivity contribution in [3.8, 4) is 11.4 Å². The number of hydrogen-bond donors (Lipinski definition) is 0. The van der Waals surface area contributed by atoms with Crippen molar-refractivity contribution in [2.75, 3.05) is 44.2 Å². The number of carbonyl (C=O) groups is 1. The molecule has 3 heterocycles. The Morgan fingerprint density at radius 2 is 1.71 bits per heavy atom. The van der Waals surface area contributed by atoms with Crippen LogP contribution in [0.15, 0.2) is 51.5 Å². The molecular formula is C27H32BrN5O2. The van der Waals surface area contributed by atoms with Crippen LogP contribution in [-0.2, 0) is 11.3 Å². The van der Waals surface area contributed by atoms with E-state index >= 15 is 0 Å². The summed E-state index contributed by atoms with van der Waals surface area (Å²) in [5, 5.41) is 4.13. The molecule has 2 aliphatic rings. The highest BCUT2D eigenvalue weighted by molar-refractivity contribution is 9.10. The predicted molar refractivity (Wildman–Crippen MR) is 140 cm³/mol. The van der Waals surface area contributed by atoms with Crippen molar-refractivity contribution in [3.63, 3.8) is 0 Å². The van der Waals surface area contributed by atoms with E-state index in [1.54, 1.807) is 0 Å². The van der Waals surface area contributed by atoms with E-state index in [2.05, 4.69) is 72.8 Å². The predicted octanol–water partition coefficient (Wildman–Crippen LogP) is 4.68. The van der Waals surface area contributed by atoms with Crippen molar-refractivity contribution >= 4 is 27.5 Å². The minimum absolute atomic E-state index is 0.111. The van der Waals surface area contributed by atoms with E-state index in [0.717, 1.165) is 62.1 Å². The molecule has 5 rings (SSSR count). The molecule has 0 aliphatic carbocycles. The number of anilines is 1. The maximum atomic E-state index is 13.2. The fraction of sp³-hybridized carbons (Fsp3) is 0.444. The monoisotopic (exact) mass is 537 g/mol. The highest BCUT2D eigenvalue weighted by Crippen LogP contribution is 2.26. The second-order valence-corrected chi connectivity index (χ2v) is 10.5. The van der Waals surface area contributed by atoms with Crippen LogP contribution in [0.4, 0.5) is 5.69 Å². The molecule has 0 saturated carbocycles. The first kappa shape index (κ1) is 24.0. The topological polar surface area (TPSA) is 65.7 Å². The minimum atomic E-state index is 0.111. The van der Waals surface area contributed by atoms with E-state index in [1.807, 2.05) is 24.3 Å². The first-order chi connectivity index (χ1) is 17.0. The Bertz CT molecular complexity index is 1160. The summed E-state index contributed by atoms with van der Waals surface area (Å²) in [4.78, 5) is 24.6. The number of benzene rings is 2. The van der Waals surface area contributed by atoms with Crippen molar-refractivity contribution in [1.82, 2.24) is 19.9 Å². The van der Waals surface area contributed by atoms with Crippen LogP contribution in [0.3, 0.4) is 0 Å². The third kappa shape index (κ3) is 5.43. The van der Waals surface area contributed by atoms with Gasteiger partial charge in [-0.05, 0) is 81.2 Å². The molecule has 2 aromatic carbocycles. The molecule has 3 aromatic rings. The van der Waals surface area contributed by atoms with Gasteiger partial charge in [-0.3, -0.25) is 9.69 Å². The van der Waals surface area contributed by atoms with E-state index < -0.39 is 0 Å². The van der Waals surface area contributed by atoms with Crippen LogP contribution in [0.25, 0.3) is 11.4 Å². The first-order valence-corrected chi connectivity index (χ1v) is 13.2. The van der Waals surface area contributed by atoms with Gasteiger partial charge in [-0.15, -0.1) is 0 Å². The van der Waals surface area contributed by atoms with Gasteiger partial charge in [-0.25, -0.2) is 0 Å². The molecule has 184 valence electrons. The Hall–Kier alpha value is -2.71. The molecule has 0 spiro atoms. The Balaban J connectivity index is 1.10. The van der Waals surface area contributed by atoms with Crippen molar-refractivity contribution < 1.29 is 9.32 Å². The Morgan fingerprint density at radius 1 is 1.00 bits per heavy atom. The van der Waals surface area contributed by atoms with Gasteiger partial charge in [0, 0.05) is 47.8 Å². The van der Waals surface area contributed by atoms with Crippen molar-refractivity contribution in [1.29, 1.82) is 0 Å². The number of aromatic nitrogens is 2. The molecule has 1 aromatic heterocycles. The quantitative estimate of drug-likeness (QED) is 0.470. The number of amides is 1. The van der Waals surface area contributed by atoms with E-state index in [9.17, 15) is 4.79 Å². The lowest BCUT2D eigenvalue weighted by molar-refractivity contribution is -0.137. The second-order valence-electron chi connectivity index (χ2n) is 9.60. The zero-order chi connectivity index (χ0) is 24.4. The highest BCUT2D eigenvalue weighted by atomic mass is 79.9. The molecular weight excluding hydrogens is 506 g/mol. The number of nitrogens with zero attached hydrogens (tertiary/aromatic N) is 5. The van der Waals surface area contributed by atoms with Gasteiger partial charge in [0.1, 0.15) is 0 Å². The lowest BCUT2D eigenvalue weighted by Gasteiger charge is -2.39. The molecule has 2 saturated heterocycles. The fourth-order valence-electron chi connectivity index (χ4n) is 5.07.